The molecule has 0 aliphatic rings. The number of rotatable bonds is 2. The van der Waals surface area contributed by atoms with E-state index in [2.05, 4.69) is 0 Å². The summed E-state index contributed by atoms with van der Waals surface area (Å²) in [6.45, 7) is 6.18. The minimum Gasteiger partial charge on any atom is -0.392 e. The number of aliphatic hydroxyl groups is 1. The average Bonchev–Trinajstić information content (AvgIpc) is 1.63. The lowest BCUT2D eigenvalue weighted by atomic mass is 10.2. The molecule has 0 aromatic carbocycles. The Morgan fingerprint density at radius 2 is 1.89 bits per heavy atom. The lowest BCUT2D eigenvalue weighted by Crippen LogP contribution is -1.76. The molecule has 0 rings (SSSR count). The first-order valence-electron chi connectivity index (χ1n) is 3.09. The minimum absolute atomic E-state index is 0.135. The van der Waals surface area contributed by atoms with Gasteiger partial charge in [0.2, 0.25) is 0 Å². The molecule has 1 nitrogen and oxygen atoms in total. The minimum atomic E-state index is 0.135. The summed E-state index contributed by atoms with van der Waals surface area (Å²) in [7, 11) is 0. The quantitative estimate of drug-likeness (QED) is 0.560. The van der Waals surface area contributed by atoms with E-state index >= 15 is 0 Å². The largest absolute Gasteiger partial charge is 0.392 e. The predicted octanol–water partition coefficient (Wildman–Crippen LogP) is 1.89. The zero-order chi connectivity index (χ0) is 7.28. The van der Waals surface area contributed by atoms with E-state index in [1.54, 1.807) is 6.08 Å². The molecule has 0 saturated carbocycles. The van der Waals surface area contributed by atoms with Crippen LogP contribution in [0.25, 0.3) is 0 Å². The molecule has 1 heteroatoms. The van der Waals surface area contributed by atoms with Crippen LogP contribution in [0.15, 0.2) is 23.3 Å². The van der Waals surface area contributed by atoms with Crippen molar-refractivity contribution in [3.63, 3.8) is 0 Å². The topological polar surface area (TPSA) is 20.2 Å². The third-order valence-corrected chi connectivity index (χ3v) is 0.930. The summed E-state index contributed by atoms with van der Waals surface area (Å²) < 4.78 is 0. The van der Waals surface area contributed by atoms with Gasteiger partial charge in [0.25, 0.3) is 0 Å². The van der Waals surface area contributed by atoms with Crippen LogP contribution in [0.2, 0.25) is 0 Å². The first-order chi connectivity index (χ1) is 4.16. The van der Waals surface area contributed by atoms with Crippen LogP contribution in [-0.4, -0.2) is 11.7 Å². The molecule has 0 radical (unpaired) electrons. The number of hydrogen-bond acceptors (Lipinski definition) is 1. The van der Waals surface area contributed by atoms with Crippen LogP contribution in [0.4, 0.5) is 0 Å². The van der Waals surface area contributed by atoms with Gasteiger partial charge < -0.3 is 5.11 Å². The second-order valence-corrected chi connectivity index (χ2v) is 2.35. The smallest absolute Gasteiger partial charge is 0.0617 e. The highest BCUT2D eigenvalue weighted by atomic mass is 16.2. The van der Waals surface area contributed by atoms with E-state index < -0.39 is 0 Å². The number of allylic oxidation sites excluding steroid dienone is 3. The van der Waals surface area contributed by atoms with E-state index in [4.69, 9.17) is 5.11 Å². The lowest BCUT2D eigenvalue weighted by Gasteiger charge is -1.90. The molecule has 0 saturated heterocycles. The predicted molar refractivity (Wildman–Crippen MR) is 40.3 cm³/mol. The van der Waals surface area contributed by atoms with E-state index in [-0.39, 0.29) is 6.61 Å². The van der Waals surface area contributed by atoms with Crippen molar-refractivity contribution in [1.82, 2.24) is 0 Å². The first-order valence-corrected chi connectivity index (χ1v) is 3.09. The van der Waals surface area contributed by atoms with Gasteiger partial charge in [0.1, 0.15) is 0 Å². The average molecular weight is 126 g/mol. The molecule has 0 heterocycles. The fourth-order valence-corrected chi connectivity index (χ4v) is 0.658. The van der Waals surface area contributed by atoms with Crippen molar-refractivity contribution in [3.8, 4) is 0 Å². The molecule has 0 aromatic rings. The van der Waals surface area contributed by atoms with Crippen LogP contribution in [0, 0.1) is 0 Å². The first kappa shape index (κ1) is 8.44. The van der Waals surface area contributed by atoms with Crippen molar-refractivity contribution in [3.05, 3.63) is 23.3 Å². The fourth-order valence-electron chi connectivity index (χ4n) is 0.658. The zero-order valence-electron chi connectivity index (χ0n) is 6.31. The Morgan fingerprint density at radius 1 is 1.33 bits per heavy atom. The number of hydrogen-bond donors (Lipinski definition) is 1. The summed E-state index contributed by atoms with van der Waals surface area (Å²) >= 11 is 0. The third-order valence-electron chi connectivity index (χ3n) is 0.930. The molecule has 9 heavy (non-hydrogen) atoms. The summed E-state index contributed by atoms with van der Waals surface area (Å²) in [6, 6.07) is 0. The van der Waals surface area contributed by atoms with Gasteiger partial charge in [-0.25, -0.2) is 0 Å². The molecule has 0 atom stereocenters. The van der Waals surface area contributed by atoms with E-state index in [9.17, 15) is 0 Å². The van der Waals surface area contributed by atoms with E-state index in [0.717, 1.165) is 5.57 Å². The van der Waals surface area contributed by atoms with Gasteiger partial charge in [-0.2, -0.15) is 0 Å². The van der Waals surface area contributed by atoms with Gasteiger partial charge in [-0.3, -0.25) is 0 Å². The van der Waals surface area contributed by atoms with Crippen molar-refractivity contribution < 1.29 is 5.11 Å². The maximum absolute atomic E-state index is 8.44. The zero-order valence-corrected chi connectivity index (χ0v) is 6.31. The highest BCUT2D eigenvalue weighted by Gasteiger charge is 1.80. The molecule has 0 aliphatic carbocycles. The van der Waals surface area contributed by atoms with Crippen molar-refractivity contribution in [1.29, 1.82) is 0 Å². The van der Waals surface area contributed by atoms with Crippen LogP contribution in [0.3, 0.4) is 0 Å². The highest BCUT2D eigenvalue weighted by molar-refractivity contribution is 5.19. The van der Waals surface area contributed by atoms with Gasteiger partial charge in [-0.1, -0.05) is 23.3 Å². The van der Waals surface area contributed by atoms with Gasteiger partial charge in [-0.05, 0) is 20.8 Å². The van der Waals surface area contributed by atoms with Crippen molar-refractivity contribution in [2.45, 2.75) is 20.8 Å². The van der Waals surface area contributed by atoms with Crippen LogP contribution < -0.4 is 0 Å². The molecule has 0 unspecified atom stereocenters. The molecular weight excluding hydrogens is 112 g/mol. The van der Waals surface area contributed by atoms with Crippen molar-refractivity contribution in [2.24, 2.45) is 0 Å². The van der Waals surface area contributed by atoms with Gasteiger partial charge in [0, 0.05) is 0 Å². The van der Waals surface area contributed by atoms with E-state index in [0.29, 0.717) is 0 Å². The van der Waals surface area contributed by atoms with Crippen LogP contribution in [0.1, 0.15) is 20.8 Å². The van der Waals surface area contributed by atoms with Crippen LogP contribution in [0.5, 0.6) is 0 Å². The molecule has 0 bridgehead atoms. The standard InChI is InChI=1S/C8H14O/c1-7(2)6-8(3)4-5-9/h4,6,9H,5H2,1-3H3/b8-4+. The Labute approximate surface area is 56.7 Å². The summed E-state index contributed by atoms with van der Waals surface area (Å²) in [5.41, 5.74) is 2.38. The highest BCUT2D eigenvalue weighted by Crippen LogP contribution is 1.98. The summed E-state index contributed by atoms with van der Waals surface area (Å²) in [6.07, 6.45) is 3.82. The maximum Gasteiger partial charge on any atom is 0.0617 e. The van der Waals surface area contributed by atoms with Gasteiger partial charge in [0.15, 0.2) is 0 Å². The molecular formula is C8H14O. The van der Waals surface area contributed by atoms with Crippen molar-refractivity contribution >= 4 is 0 Å². The summed E-state index contributed by atoms with van der Waals surface area (Å²) in [5.74, 6) is 0. The Hall–Kier alpha value is -0.560. The number of aliphatic hydroxyl groups excluding tert-OH is 1. The second kappa shape index (κ2) is 4.33. The normalized spacial score (nSPS) is 11.3. The van der Waals surface area contributed by atoms with Gasteiger partial charge in [0.05, 0.1) is 6.61 Å². The van der Waals surface area contributed by atoms with E-state index in [1.807, 2.05) is 26.8 Å². The van der Waals surface area contributed by atoms with Crippen molar-refractivity contribution in [2.75, 3.05) is 6.61 Å². The molecule has 0 spiro atoms. The Balaban J connectivity index is 3.90. The van der Waals surface area contributed by atoms with E-state index in [1.165, 1.54) is 5.57 Å². The Kier molecular flexibility index (Phi) is 4.06. The Bertz CT molecular complexity index is 128. The molecule has 0 aromatic heterocycles. The summed E-state index contributed by atoms with van der Waals surface area (Å²) in [5, 5.41) is 8.44. The molecule has 52 valence electrons. The van der Waals surface area contributed by atoms with Crippen LogP contribution >= 0.6 is 0 Å². The molecule has 1 N–H and O–H groups in total. The fraction of sp³-hybridized carbons (Fsp3) is 0.500. The SMILES string of the molecule is CC(C)=C/C(C)=C/CO. The molecule has 0 amide bonds. The lowest BCUT2D eigenvalue weighted by molar-refractivity contribution is 0.342. The van der Waals surface area contributed by atoms with Crippen LogP contribution in [-0.2, 0) is 0 Å². The molecule has 0 aliphatic heterocycles. The Morgan fingerprint density at radius 3 is 2.22 bits per heavy atom. The summed E-state index contributed by atoms with van der Waals surface area (Å²) in [4.78, 5) is 0. The van der Waals surface area contributed by atoms with Gasteiger partial charge >= 0.3 is 0 Å². The van der Waals surface area contributed by atoms with Gasteiger partial charge in [-0.15, -0.1) is 0 Å². The second-order valence-electron chi connectivity index (χ2n) is 2.35. The maximum atomic E-state index is 8.44. The third kappa shape index (κ3) is 5.31. The monoisotopic (exact) mass is 126 g/mol. The molecule has 0 fully saturated rings.